The molecular formula is C10H14O. The van der Waals surface area contributed by atoms with Gasteiger partial charge in [-0.15, -0.1) is 0 Å². The van der Waals surface area contributed by atoms with Crippen LogP contribution in [0.1, 0.15) is 26.7 Å². The minimum Gasteiger partial charge on any atom is -0.497 e. The highest BCUT2D eigenvalue weighted by molar-refractivity contribution is 5.28. The average molecular weight is 150 g/mol. The molecule has 0 aromatic rings. The number of ether oxygens (including phenoxy) is 1. The SMILES string of the molecule is CC1(C)COC2=C1CC=CC2. The van der Waals surface area contributed by atoms with Crippen molar-refractivity contribution in [1.82, 2.24) is 0 Å². The van der Waals surface area contributed by atoms with Crippen LogP contribution in [-0.4, -0.2) is 6.61 Å². The first-order valence-electron chi connectivity index (χ1n) is 4.20. The summed E-state index contributed by atoms with van der Waals surface area (Å²) in [5.74, 6) is 1.23. The molecule has 1 heteroatoms. The molecule has 1 aliphatic heterocycles. The summed E-state index contributed by atoms with van der Waals surface area (Å²) in [5.41, 5.74) is 1.81. The number of hydrogen-bond donors (Lipinski definition) is 0. The molecule has 0 bridgehead atoms. The van der Waals surface area contributed by atoms with Crippen LogP contribution in [0.4, 0.5) is 0 Å². The lowest BCUT2D eigenvalue weighted by atomic mass is 9.82. The Hall–Kier alpha value is -0.720. The summed E-state index contributed by atoms with van der Waals surface area (Å²) < 4.78 is 5.60. The third kappa shape index (κ3) is 0.991. The van der Waals surface area contributed by atoms with Crippen LogP contribution in [0.5, 0.6) is 0 Å². The van der Waals surface area contributed by atoms with E-state index in [2.05, 4.69) is 26.0 Å². The van der Waals surface area contributed by atoms with Crippen molar-refractivity contribution in [3.63, 3.8) is 0 Å². The minimum atomic E-state index is 0.292. The van der Waals surface area contributed by atoms with Gasteiger partial charge in [0, 0.05) is 11.8 Å². The zero-order chi connectivity index (χ0) is 7.90. The second-order valence-electron chi connectivity index (χ2n) is 3.95. The second kappa shape index (κ2) is 2.13. The molecule has 0 aromatic carbocycles. The van der Waals surface area contributed by atoms with Crippen LogP contribution in [0.2, 0.25) is 0 Å². The van der Waals surface area contributed by atoms with Gasteiger partial charge in [0.2, 0.25) is 0 Å². The van der Waals surface area contributed by atoms with Gasteiger partial charge in [0.1, 0.15) is 0 Å². The van der Waals surface area contributed by atoms with Gasteiger partial charge in [-0.3, -0.25) is 0 Å². The molecule has 0 fully saturated rings. The van der Waals surface area contributed by atoms with Gasteiger partial charge in [0.25, 0.3) is 0 Å². The average Bonchev–Trinajstić information content (AvgIpc) is 2.29. The Morgan fingerprint density at radius 1 is 1.27 bits per heavy atom. The standard InChI is InChI=1S/C10H14O/c1-10(2)7-11-9-6-4-3-5-8(9)10/h3-4H,5-7H2,1-2H3. The van der Waals surface area contributed by atoms with Gasteiger partial charge in [-0.25, -0.2) is 0 Å². The molecule has 11 heavy (non-hydrogen) atoms. The van der Waals surface area contributed by atoms with Crippen LogP contribution >= 0.6 is 0 Å². The normalized spacial score (nSPS) is 26.7. The fraction of sp³-hybridized carbons (Fsp3) is 0.600. The summed E-state index contributed by atoms with van der Waals surface area (Å²) in [6, 6.07) is 0. The molecule has 2 aliphatic rings. The number of allylic oxidation sites excluding steroid dienone is 2. The first kappa shape index (κ1) is 6.96. The Morgan fingerprint density at radius 2 is 2.00 bits per heavy atom. The maximum atomic E-state index is 5.60. The van der Waals surface area contributed by atoms with E-state index in [1.54, 1.807) is 0 Å². The fourth-order valence-corrected chi connectivity index (χ4v) is 1.78. The van der Waals surface area contributed by atoms with Crippen LogP contribution < -0.4 is 0 Å². The molecule has 0 atom stereocenters. The van der Waals surface area contributed by atoms with Crippen molar-refractivity contribution in [2.45, 2.75) is 26.7 Å². The van der Waals surface area contributed by atoms with E-state index in [0.717, 1.165) is 19.4 Å². The zero-order valence-corrected chi connectivity index (χ0v) is 7.18. The zero-order valence-electron chi connectivity index (χ0n) is 7.18. The van der Waals surface area contributed by atoms with Crippen LogP contribution in [0.3, 0.4) is 0 Å². The predicted molar refractivity (Wildman–Crippen MR) is 45.1 cm³/mol. The Morgan fingerprint density at radius 3 is 2.73 bits per heavy atom. The monoisotopic (exact) mass is 150 g/mol. The molecule has 0 saturated carbocycles. The summed E-state index contributed by atoms with van der Waals surface area (Å²) >= 11 is 0. The molecule has 60 valence electrons. The Kier molecular flexibility index (Phi) is 1.35. The second-order valence-corrected chi connectivity index (χ2v) is 3.95. The Bertz CT molecular complexity index is 233. The van der Waals surface area contributed by atoms with Crippen LogP contribution in [0, 0.1) is 5.41 Å². The van der Waals surface area contributed by atoms with E-state index >= 15 is 0 Å². The lowest BCUT2D eigenvalue weighted by molar-refractivity contribution is 0.182. The molecule has 2 rings (SSSR count). The maximum absolute atomic E-state index is 5.60. The number of hydrogen-bond acceptors (Lipinski definition) is 1. The Balaban J connectivity index is 2.31. The topological polar surface area (TPSA) is 9.23 Å². The third-order valence-electron chi connectivity index (χ3n) is 2.55. The van der Waals surface area contributed by atoms with Crippen molar-refractivity contribution in [2.24, 2.45) is 5.41 Å². The summed E-state index contributed by atoms with van der Waals surface area (Å²) in [6.45, 7) is 5.39. The smallest absolute Gasteiger partial charge is 0.0999 e. The van der Waals surface area contributed by atoms with Crippen molar-refractivity contribution < 1.29 is 4.74 Å². The maximum Gasteiger partial charge on any atom is 0.0999 e. The van der Waals surface area contributed by atoms with E-state index in [4.69, 9.17) is 4.74 Å². The minimum absolute atomic E-state index is 0.292. The van der Waals surface area contributed by atoms with E-state index in [-0.39, 0.29) is 0 Å². The van der Waals surface area contributed by atoms with Crippen LogP contribution in [0.25, 0.3) is 0 Å². The molecule has 1 heterocycles. The number of rotatable bonds is 0. The van der Waals surface area contributed by atoms with Gasteiger partial charge in [-0.2, -0.15) is 0 Å². The summed E-state index contributed by atoms with van der Waals surface area (Å²) in [6.07, 6.45) is 6.55. The van der Waals surface area contributed by atoms with E-state index in [9.17, 15) is 0 Å². The molecule has 0 spiro atoms. The Labute approximate surface area is 67.7 Å². The van der Waals surface area contributed by atoms with Gasteiger partial charge in [0.15, 0.2) is 0 Å². The fourth-order valence-electron chi connectivity index (χ4n) is 1.78. The molecule has 0 radical (unpaired) electrons. The summed E-state index contributed by atoms with van der Waals surface area (Å²) in [4.78, 5) is 0. The van der Waals surface area contributed by atoms with Gasteiger partial charge in [0.05, 0.1) is 12.4 Å². The lowest BCUT2D eigenvalue weighted by Crippen LogP contribution is -2.14. The van der Waals surface area contributed by atoms with Crippen LogP contribution in [-0.2, 0) is 4.74 Å². The quantitative estimate of drug-likeness (QED) is 0.482. The third-order valence-corrected chi connectivity index (χ3v) is 2.55. The van der Waals surface area contributed by atoms with E-state index in [1.807, 2.05) is 0 Å². The van der Waals surface area contributed by atoms with Crippen molar-refractivity contribution in [2.75, 3.05) is 6.61 Å². The molecule has 0 aromatic heterocycles. The first-order chi connectivity index (χ1) is 5.20. The van der Waals surface area contributed by atoms with E-state index in [0.29, 0.717) is 5.41 Å². The van der Waals surface area contributed by atoms with Crippen LogP contribution in [0.15, 0.2) is 23.5 Å². The molecular weight excluding hydrogens is 136 g/mol. The summed E-state index contributed by atoms with van der Waals surface area (Å²) in [7, 11) is 0. The van der Waals surface area contributed by atoms with Crippen molar-refractivity contribution in [3.8, 4) is 0 Å². The predicted octanol–water partition coefficient (Wildman–Crippen LogP) is 2.65. The van der Waals surface area contributed by atoms with Gasteiger partial charge >= 0.3 is 0 Å². The van der Waals surface area contributed by atoms with Gasteiger partial charge in [-0.05, 0) is 12.0 Å². The lowest BCUT2D eigenvalue weighted by Gasteiger charge is -2.19. The highest BCUT2D eigenvalue weighted by atomic mass is 16.5. The van der Waals surface area contributed by atoms with E-state index in [1.165, 1.54) is 11.3 Å². The van der Waals surface area contributed by atoms with Crippen molar-refractivity contribution >= 4 is 0 Å². The summed E-state index contributed by atoms with van der Waals surface area (Å²) in [5, 5.41) is 0. The highest BCUT2D eigenvalue weighted by Gasteiger charge is 2.33. The molecule has 0 N–H and O–H groups in total. The van der Waals surface area contributed by atoms with Gasteiger partial charge < -0.3 is 4.74 Å². The molecule has 0 amide bonds. The van der Waals surface area contributed by atoms with Crippen molar-refractivity contribution in [3.05, 3.63) is 23.5 Å². The first-order valence-corrected chi connectivity index (χ1v) is 4.20. The van der Waals surface area contributed by atoms with E-state index < -0.39 is 0 Å². The molecule has 1 nitrogen and oxygen atoms in total. The van der Waals surface area contributed by atoms with Gasteiger partial charge in [-0.1, -0.05) is 26.0 Å². The highest BCUT2D eigenvalue weighted by Crippen LogP contribution is 2.41. The molecule has 0 unspecified atom stereocenters. The molecule has 0 saturated heterocycles. The van der Waals surface area contributed by atoms with Crippen molar-refractivity contribution in [1.29, 1.82) is 0 Å². The molecule has 1 aliphatic carbocycles. The largest absolute Gasteiger partial charge is 0.497 e.